The molecule has 146 valence electrons. The van der Waals surface area contributed by atoms with Crippen LogP contribution in [0.3, 0.4) is 0 Å². The molecule has 0 spiro atoms. The van der Waals surface area contributed by atoms with Gasteiger partial charge in [0.2, 0.25) is 11.8 Å². The molecule has 0 radical (unpaired) electrons. The van der Waals surface area contributed by atoms with Crippen molar-refractivity contribution in [2.75, 3.05) is 32.4 Å². The molecule has 2 amide bonds. The maximum Gasteiger partial charge on any atom is 0.225 e. The van der Waals surface area contributed by atoms with Crippen LogP contribution in [0.2, 0.25) is 0 Å². The number of likely N-dealkylation sites (tertiary alicyclic amines) is 1. The Morgan fingerprint density at radius 1 is 1.23 bits per heavy atom. The second-order valence-corrected chi connectivity index (χ2v) is 6.97. The molecule has 1 aliphatic rings. The van der Waals surface area contributed by atoms with Gasteiger partial charge in [0, 0.05) is 44.7 Å². The summed E-state index contributed by atoms with van der Waals surface area (Å²) in [5.74, 6) is 0.460. The number of nitrogen functional groups attached to an aromatic ring is 1. The number of unbranched alkanes of at least 4 members (excludes halogenated alkanes) is 1. The lowest BCUT2D eigenvalue weighted by atomic mass is 9.95. The zero-order chi connectivity index (χ0) is 18.2. The van der Waals surface area contributed by atoms with E-state index < -0.39 is 0 Å². The number of anilines is 1. The Morgan fingerprint density at radius 3 is 2.50 bits per heavy atom. The van der Waals surface area contributed by atoms with Crippen molar-refractivity contribution in [2.24, 2.45) is 5.92 Å². The number of benzene rings is 1. The molecule has 26 heavy (non-hydrogen) atoms. The van der Waals surface area contributed by atoms with E-state index in [1.54, 1.807) is 0 Å². The highest BCUT2D eigenvalue weighted by Gasteiger charge is 2.28. The fourth-order valence-electron chi connectivity index (χ4n) is 3.35. The lowest BCUT2D eigenvalue weighted by Gasteiger charge is -2.33. The summed E-state index contributed by atoms with van der Waals surface area (Å²) < 4.78 is 0. The number of rotatable bonds is 7. The summed E-state index contributed by atoms with van der Waals surface area (Å²) in [6.45, 7) is 4.32. The SMILES string of the molecule is CCCCN(C)C(=O)C1CCN(C(=O)CCc2ccccc2N)CC1.Cl. The molecule has 1 aromatic carbocycles. The summed E-state index contributed by atoms with van der Waals surface area (Å²) >= 11 is 0. The van der Waals surface area contributed by atoms with Gasteiger partial charge in [-0.3, -0.25) is 9.59 Å². The predicted molar refractivity (Wildman–Crippen MR) is 108 cm³/mol. The zero-order valence-electron chi connectivity index (χ0n) is 15.9. The molecule has 1 aliphatic heterocycles. The molecule has 0 bridgehead atoms. The van der Waals surface area contributed by atoms with E-state index in [0.717, 1.165) is 43.5 Å². The van der Waals surface area contributed by atoms with Crippen LogP contribution < -0.4 is 5.73 Å². The summed E-state index contributed by atoms with van der Waals surface area (Å²) in [4.78, 5) is 28.6. The molecular formula is C20H32ClN3O2. The quantitative estimate of drug-likeness (QED) is 0.738. The number of carbonyl (C=O) groups excluding carboxylic acids is 2. The van der Waals surface area contributed by atoms with Gasteiger partial charge in [-0.05, 0) is 37.3 Å². The Hall–Kier alpha value is -1.75. The van der Waals surface area contributed by atoms with Crippen LogP contribution in [0.15, 0.2) is 24.3 Å². The van der Waals surface area contributed by atoms with Crippen LogP contribution in [0.25, 0.3) is 0 Å². The summed E-state index contributed by atoms with van der Waals surface area (Å²) in [5.41, 5.74) is 7.70. The van der Waals surface area contributed by atoms with Crippen LogP contribution in [0.5, 0.6) is 0 Å². The van der Waals surface area contributed by atoms with Gasteiger partial charge < -0.3 is 15.5 Å². The third-order valence-corrected chi connectivity index (χ3v) is 5.08. The number of halogens is 1. The minimum Gasteiger partial charge on any atom is -0.399 e. The first-order valence-corrected chi connectivity index (χ1v) is 9.39. The van der Waals surface area contributed by atoms with Gasteiger partial charge in [-0.25, -0.2) is 0 Å². The standard InChI is InChI=1S/C20H31N3O2.ClH/c1-3-4-13-22(2)20(25)17-11-14-23(15-12-17)19(24)10-9-16-7-5-6-8-18(16)21;/h5-8,17H,3-4,9-15,21H2,1-2H3;1H. The van der Waals surface area contributed by atoms with Gasteiger partial charge in [-0.2, -0.15) is 0 Å². The topological polar surface area (TPSA) is 66.6 Å². The summed E-state index contributed by atoms with van der Waals surface area (Å²) in [5, 5.41) is 0. The van der Waals surface area contributed by atoms with Gasteiger partial charge in [0.05, 0.1) is 0 Å². The van der Waals surface area contributed by atoms with E-state index in [9.17, 15) is 9.59 Å². The highest BCUT2D eigenvalue weighted by molar-refractivity contribution is 5.85. The number of nitrogens with zero attached hydrogens (tertiary/aromatic N) is 2. The van der Waals surface area contributed by atoms with E-state index in [2.05, 4.69) is 6.92 Å². The lowest BCUT2D eigenvalue weighted by molar-refractivity contribution is -0.139. The van der Waals surface area contributed by atoms with Gasteiger partial charge in [0.25, 0.3) is 0 Å². The van der Waals surface area contributed by atoms with Crippen LogP contribution >= 0.6 is 12.4 Å². The number of carbonyl (C=O) groups is 2. The fourth-order valence-corrected chi connectivity index (χ4v) is 3.35. The molecule has 0 atom stereocenters. The van der Waals surface area contributed by atoms with Crippen molar-refractivity contribution in [1.29, 1.82) is 0 Å². The molecule has 5 nitrogen and oxygen atoms in total. The highest BCUT2D eigenvalue weighted by atomic mass is 35.5. The lowest BCUT2D eigenvalue weighted by Crippen LogP contribution is -2.43. The normalized spacial score (nSPS) is 14.6. The molecular weight excluding hydrogens is 350 g/mol. The maximum absolute atomic E-state index is 12.4. The first-order chi connectivity index (χ1) is 12.0. The van der Waals surface area contributed by atoms with Crippen molar-refractivity contribution < 1.29 is 9.59 Å². The van der Waals surface area contributed by atoms with Crippen molar-refractivity contribution in [2.45, 2.75) is 45.4 Å². The van der Waals surface area contributed by atoms with Crippen molar-refractivity contribution >= 4 is 29.9 Å². The van der Waals surface area contributed by atoms with Crippen LogP contribution in [-0.2, 0) is 16.0 Å². The van der Waals surface area contributed by atoms with E-state index in [4.69, 9.17) is 5.73 Å². The molecule has 0 aromatic heterocycles. The minimum atomic E-state index is 0. The van der Waals surface area contributed by atoms with E-state index in [-0.39, 0.29) is 30.1 Å². The molecule has 0 aliphatic carbocycles. The maximum atomic E-state index is 12.4. The van der Waals surface area contributed by atoms with Crippen molar-refractivity contribution in [3.8, 4) is 0 Å². The average Bonchev–Trinajstić information content (AvgIpc) is 2.64. The number of piperidine rings is 1. The number of nitrogens with two attached hydrogens (primary N) is 1. The van der Waals surface area contributed by atoms with Crippen LogP contribution in [-0.4, -0.2) is 48.3 Å². The zero-order valence-corrected chi connectivity index (χ0v) is 16.8. The monoisotopic (exact) mass is 381 g/mol. The van der Waals surface area contributed by atoms with E-state index >= 15 is 0 Å². The molecule has 6 heteroatoms. The first kappa shape index (κ1) is 22.3. The summed E-state index contributed by atoms with van der Waals surface area (Å²) in [7, 11) is 1.89. The summed E-state index contributed by atoms with van der Waals surface area (Å²) in [6, 6.07) is 7.69. The Labute approximate surface area is 163 Å². The minimum absolute atomic E-state index is 0. The molecule has 1 saturated heterocycles. The molecule has 2 N–H and O–H groups in total. The number of amides is 2. The third kappa shape index (κ3) is 6.20. The number of para-hydroxylation sites is 1. The van der Waals surface area contributed by atoms with Gasteiger partial charge in [-0.15, -0.1) is 12.4 Å². The molecule has 1 heterocycles. The molecule has 1 aromatic rings. The Morgan fingerprint density at radius 2 is 1.88 bits per heavy atom. The number of hydrogen-bond donors (Lipinski definition) is 1. The second kappa shape index (κ2) is 11.1. The predicted octanol–water partition coefficient (Wildman–Crippen LogP) is 3.12. The van der Waals surface area contributed by atoms with Gasteiger partial charge in [0.1, 0.15) is 0 Å². The van der Waals surface area contributed by atoms with E-state index in [1.807, 2.05) is 41.1 Å². The van der Waals surface area contributed by atoms with Crippen molar-refractivity contribution in [3.63, 3.8) is 0 Å². The fraction of sp³-hybridized carbons (Fsp3) is 0.600. The second-order valence-electron chi connectivity index (χ2n) is 6.97. The van der Waals surface area contributed by atoms with Gasteiger partial charge in [-0.1, -0.05) is 31.5 Å². The van der Waals surface area contributed by atoms with Crippen molar-refractivity contribution in [3.05, 3.63) is 29.8 Å². The molecule has 1 fully saturated rings. The van der Waals surface area contributed by atoms with E-state index in [0.29, 0.717) is 25.9 Å². The molecule has 2 rings (SSSR count). The third-order valence-electron chi connectivity index (χ3n) is 5.08. The summed E-state index contributed by atoms with van der Waals surface area (Å²) in [6.07, 6.45) is 4.83. The van der Waals surface area contributed by atoms with Crippen LogP contribution in [0, 0.1) is 5.92 Å². The van der Waals surface area contributed by atoms with E-state index in [1.165, 1.54) is 0 Å². The van der Waals surface area contributed by atoms with Gasteiger partial charge in [0.15, 0.2) is 0 Å². The first-order valence-electron chi connectivity index (χ1n) is 9.39. The van der Waals surface area contributed by atoms with Crippen LogP contribution in [0.1, 0.15) is 44.6 Å². The Balaban J connectivity index is 0.00000338. The van der Waals surface area contributed by atoms with Gasteiger partial charge >= 0.3 is 0 Å². The smallest absolute Gasteiger partial charge is 0.225 e. The highest BCUT2D eigenvalue weighted by Crippen LogP contribution is 2.21. The van der Waals surface area contributed by atoms with Crippen LogP contribution in [0.4, 0.5) is 5.69 Å². The number of aryl methyl sites for hydroxylation is 1. The molecule has 0 saturated carbocycles. The number of hydrogen-bond acceptors (Lipinski definition) is 3. The molecule has 0 unspecified atom stereocenters. The largest absolute Gasteiger partial charge is 0.399 e. The Bertz CT molecular complexity index is 586. The average molecular weight is 382 g/mol. The van der Waals surface area contributed by atoms with Crippen molar-refractivity contribution in [1.82, 2.24) is 9.80 Å². The Kier molecular flexibility index (Phi) is 9.49.